The minimum Gasteiger partial charge on any atom is -0.248 e. The second-order valence-electron chi connectivity index (χ2n) is 2.43. The van der Waals surface area contributed by atoms with Crippen LogP contribution in [0.3, 0.4) is 0 Å². The molecule has 0 atom stereocenters. The number of nitriles is 1. The van der Waals surface area contributed by atoms with Gasteiger partial charge >= 0.3 is 0 Å². The lowest BCUT2D eigenvalue weighted by atomic mass is 10.1. The van der Waals surface area contributed by atoms with Crippen molar-refractivity contribution in [3.63, 3.8) is 0 Å². The van der Waals surface area contributed by atoms with Crippen LogP contribution in [0.1, 0.15) is 23.1 Å². The number of halogens is 3. The first-order valence-electron chi connectivity index (χ1n) is 3.41. The first-order chi connectivity index (χ1) is 6.07. The van der Waals surface area contributed by atoms with Crippen LogP contribution in [0.2, 0.25) is 0 Å². The van der Waals surface area contributed by atoms with Crippen molar-refractivity contribution in [3.8, 4) is 6.07 Å². The van der Waals surface area contributed by atoms with Crippen molar-refractivity contribution < 1.29 is 8.78 Å². The highest BCUT2D eigenvalue weighted by molar-refractivity contribution is 9.10. The molecule has 68 valence electrons. The summed E-state index contributed by atoms with van der Waals surface area (Å²) in [5.74, 6) is 0. The van der Waals surface area contributed by atoms with Gasteiger partial charge in [0.15, 0.2) is 0 Å². The lowest BCUT2D eigenvalue weighted by molar-refractivity contribution is 0.149. The highest BCUT2D eigenvalue weighted by atomic mass is 79.9. The fourth-order valence-electron chi connectivity index (χ4n) is 0.951. The molecule has 0 aromatic carbocycles. The van der Waals surface area contributed by atoms with E-state index in [1.54, 1.807) is 13.0 Å². The Morgan fingerprint density at radius 3 is 2.62 bits per heavy atom. The summed E-state index contributed by atoms with van der Waals surface area (Å²) >= 11 is 2.88. The largest absolute Gasteiger partial charge is 0.267 e. The van der Waals surface area contributed by atoms with E-state index in [-0.39, 0.29) is 15.7 Å². The Bertz CT molecular complexity index is 371. The Kier molecular flexibility index (Phi) is 2.94. The van der Waals surface area contributed by atoms with Crippen LogP contribution in [0.15, 0.2) is 10.8 Å². The zero-order valence-electron chi connectivity index (χ0n) is 6.68. The predicted octanol–water partition coefficient (Wildman–Crippen LogP) is 2.96. The zero-order chi connectivity index (χ0) is 10.0. The molecule has 1 rings (SSSR count). The summed E-state index contributed by atoms with van der Waals surface area (Å²) < 4.78 is 24.9. The van der Waals surface area contributed by atoms with Crippen molar-refractivity contribution in [1.82, 2.24) is 4.98 Å². The molecule has 1 aromatic rings. The molecular weight excluding hydrogens is 242 g/mol. The van der Waals surface area contributed by atoms with E-state index in [1.807, 2.05) is 0 Å². The molecule has 0 saturated carbocycles. The van der Waals surface area contributed by atoms with E-state index in [4.69, 9.17) is 5.26 Å². The van der Waals surface area contributed by atoms with Gasteiger partial charge in [-0.2, -0.15) is 5.26 Å². The lowest BCUT2D eigenvalue weighted by Crippen LogP contribution is -1.97. The van der Waals surface area contributed by atoms with Crippen LogP contribution in [0, 0.1) is 18.3 Å². The average Bonchev–Trinajstić information content (AvgIpc) is 2.07. The number of hydrogen-bond donors (Lipinski definition) is 0. The molecule has 0 amide bonds. The van der Waals surface area contributed by atoms with Crippen LogP contribution >= 0.6 is 15.9 Å². The summed E-state index contributed by atoms with van der Waals surface area (Å²) in [7, 11) is 0. The first kappa shape index (κ1) is 10.1. The molecule has 0 N–H and O–H groups in total. The van der Waals surface area contributed by atoms with E-state index < -0.39 is 6.43 Å². The predicted molar refractivity (Wildman–Crippen MR) is 46.3 cm³/mol. The molecule has 5 heteroatoms. The van der Waals surface area contributed by atoms with Crippen molar-refractivity contribution in [2.24, 2.45) is 0 Å². The standard InChI is InChI=1S/C8H5BrF2N2/c1-4-3-13-7(9)6(8(10)11)5(4)2-12/h3,8H,1H3. The van der Waals surface area contributed by atoms with Gasteiger partial charge in [0, 0.05) is 6.20 Å². The molecule has 0 radical (unpaired) electrons. The summed E-state index contributed by atoms with van der Waals surface area (Å²) in [6, 6.07) is 1.74. The molecule has 0 saturated heterocycles. The van der Waals surface area contributed by atoms with Gasteiger partial charge in [-0.1, -0.05) is 0 Å². The van der Waals surface area contributed by atoms with E-state index in [2.05, 4.69) is 20.9 Å². The van der Waals surface area contributed by atoms with Crippen LogP contribution < -0.4 is 0 Å². The number of rotatable bonds is 1. The lowest BCUT2D eigenvalue weighted by Gasteiger charge is -2.06. The third-order valence-corrected chi connectivity index (χ3v) is 2.22. The Balaban J connectivity index is 3.46. The van der Waals surface area contributed by atoms with Crippen molar-refractivity contribution in [2.75, 3.05) is 0 Å². The first-order valence-corrected chi connectivity index (χ1v) is 4.20. The number of aromatic nitrogens is 1. The number of nitrogens with zero attached hydrogens (tertiary/aromatic N) is 2. The maximum Gasteiger partial charge on any atom is 0.267 e. The Hall–Kier alpha value is -1.02. The van der Waals surface area contributed by atoms with Crippen LogP contribution in [0.5, 0.6) is 0 Å². The summed E-state index contributed by atoms with van der Waals surface area (Å²) in [6.07, 6.45) is -1.30. The van der Waals surface area contributed by atoms with Crippen LogP contribution in [-0.2, 0) is 0 Å². The summed E-state index contributed by atoms with van der Waals surface area (Å²) in [5.41, 5.74) is 0.125. The molecule has 13 heavy (non-hydrogen) atoms. The Morgan fingerprint density at radius 2 is 2.23 bits per heavy atom. The number of alkyl halides is 2. The van der Waals surface area contributed by atoms with Gasteiger partial charge < -0.3 is 0 Å². The quantitative estimate of drug-likeness (QED) is 0.715. The van der Waals surface area contributed by atoms with Crippen molar-refractivity contribution in [3.05, 3.63) is 27.5 Å². The average molecular weight is 247 g/mol. The molecule has 0 aliphatic carbocycles. The third kappa shape index (κ3) is 1.83. The van der Waals surface area contributed by atoms with E-state index >= 15 is 0 Å². The highest BCUT2D eigenvalue weighted by Gasteiger charge is 2.19. The molecule has 0 bridgehead atoms. The number of aryl methyl sites for hydroxylation is 1. The number of hydrogen-bond acceptors (Lipinski definition) is 2. The molecular formula is C8H5BrF2N2. The molecule has 1 aromatic heterocycles. The summed E-state index contributed by atoms with van der Waals surface area (Å²) in [5, 5.41) is 8.64. The molecule has 2 nitrogen and oxygen atoms in total. The van der Waals surface area contributed by atoms with Gasteiger partial charge in [0.05, 0.1) is 11.1 Å². The van der Waals surface area contributed by atoms with E-state index in [1.165, 1.54) is 6.20 Å². The van der Waals surface area contributed by atoms with Gasteiger partial charge in [0.1, 0.15) is 10.7 Å². The van der Waals surface area contributed by atoms with Gasteiger partial charge in [0.2, 0.25) is 0 Å². The molecule has 1 heterocycles. The SMILES string of the molecule is Cc1cnc(Br)c(C(F)F)c1C#N. The van der Waals surface area contributed by atoms with Crippen LogP contribution in [0.4, 0.5) is 8.78 Å². The van der Waals surface area contributed by atoms with Crippen molar-refractivity contribution in [1.29, 1.82) is 5.26 Å². The minimum absolute atomic E-state index is 0.00289. The molecule has 0 fully saturated rings. The van der Waals surface area contributed by atoms with Gasteiger partial charge in [-0.3, -0.25) is 0 Å². The topological polar surface area (TPSA) is 36.7 Å². The van der Waals surface area contributed by atoms with Crippen molar-refractivity contribution >= 4 is 15.9 Å². The monoisotopic (exact) mass is 246 g/mol. The molecule has 0 unspecified atom stereocenters. The molecule has 0 spiro atoms. The minimum atomic E-state index is -2.68. The van der Waals surface area contributed by atoms with Crippen LogP contribution in [0.25, 0.3) is 0 Å². The van der Waals surface area contributed by atoms with Gasteiger partial charge in [-0.05, 0) is 28.4 Å². The van der Waals surface area contributed by atoms with Gasteiger partial charge in [-0.15, -0.1) is 0 Å². The maximum absolute atomic E-state index is 12.4. The Morgan fingerprint density at radius 1 is 1.62 bits per heavy atom. The molecule has 0 aliphatic heterocycles. The van der Waals surface area contributed by atoms with Gasteiger partial charge in [-0.25, -0.2) is 13.8 Å². The smallest absolute Gasteiger partial charge is 0.248 e. The second-order valence-corrected chi connectivity index (χ2v) is 3.18. The zero-order valence-corrected chi connectivity index (χ0v) is 8.27. The fraction of sp³-hybridized carbons (Fsp3) is 0.250. The van der Waals surface area contributed by atoms with Crippen LogP contribution in [-0.4, -0.2) is 4.98 Å². The molecule has 0 aliphatic rings. The van der Waals surface area contributed by atoms with E-state index in [0.717, 1.165) is 0 Å². The number of pyridine rings is 1. The second kappa shape index (κ2) is 3.79. The summed E-state index contributed by atoms with van der Waals surface area (Å²) in [4.78, 5) is 3.69. The maximum atomic E-state index is 12.4. The summed E-state index contributed by atoms with van der Waals surface area (Å²) in [6.45, 7) is 1.57. The normalized spacial score (nSPS) is 10.2. The fourth-order valence-corrected chi connectivity index (χ4v) is 1.42. The van der Waals surface area contributed by atoms with E-state index in [0.29, 0.717) is 5.56 Å². The highest BCUT2D eigenvalue weighted by Crippen LogP contribution is 2.30. The van der Waals surface area contributed by atoms with Gasteiger partial charge in [0.25, 0.3) is 6.43 Å². The third-order valence-electron chi connectivity index (χ3n) is 1.59. The van der Waals surface area contributed by atoms with Crippen molar-refractivity contribution in [2.45, 2.75) is 13.3 Å². The van der Waals surface area contributed by atoms with E-state index in [9.17, 15) is 8.78 Å². The Labute approximate surface area is 82.3 Å².